The summed E-state index contributed by atoms with van der Waals surface area (Å²) in [5.41, 5.74) is 18.6. The van der Waals surface area contributed by atoms with Crippen LogP contribution in [-0.2, 0) is 5.41 Å². The predicted octanol–water partition coefficient (Wildman–Crippen LogP) is 13.8. The van der Waals surface area contributed by atoms with Crippen molar-refractivity contribution in [3.05, 3.63) is 229 Å². The Balaban J connectivity index is 1.07. The number of aromatic nitrogens is 3. The molecular weight excluding hydrogens is 729 g/mol. The number of fused-ring (bicyclic) bond motifs is 11. The van der Waals surface area contributed by atoms with Crippen molar-refractivity contribution in [1.29, 1.82) is 0 Å². The van der Waals surface area contributed by atoms with Crippen LogP contribution < -0.4 is 4.90 Å². The Kier molecular flexibility index (Phi) is 6.90. The maximum Gasteiger partial charge on any atom is 0.164 e. The standard InChI is InChI=1S/C56H34N4/c1-3-16-35(17-4-1)53-57-54(36-18-5-2-6-19-36)59-55(58-53)37-20-15-21-38(34-37)60-49-29-14-10-25-42(49)44-31-30-43-41-24-9-13-28-47(41)56(48-32-33-50(60)52(44)51(43)48)45-26-11-7-22-39(45)40-23-8-12-27-46(40)56/h1-34H. The van der Waals surface area contributed by atoms with Crippen molar-refractivity contribution in [2.45, 2.75) is 5.41 Å². The van der Waals surface area contributed by atoms with Gasteiger partial charge in [0.1, 0.15) is 0 Å². The van der Waals surface area contributed by atoms with E-state index in [0.717, 1.165) is 33.8 Å². The molecule has 0 amide bonds. The third-order valence-electron chi connectivity index (χ3n) is 12.9. The van der Waals surface area contributed by atoms with Crippen LogP contribution in [0.2, 0.25) is 0 Å². The van der Waals surface area contributed by atoms with Crippen LogP contribution in [0.1, 0.15) is 22.3 Å². The smallest absolute Gasteiger partial charge is 0.164 e. The van der Waals surface area contributed by atoms with E-state index in [0.29, 0.717) is 17.5 Å². The highest BCUT2D eigenvalue weighted by Crippen LogP contribution is 2.64. The van der Waals surface area contributed by atoms with Crippen LogP contribution in [0.4, 0.5) is 17.1 Å². The molecule has 0 unspecified atom stereocenters. The van der Waals surface area contributed by atoms with Crippen LogP contribution in [0.15, 0.2) is 206 Å². The normalized spacial score (nSPS) is 13.4. The summed E-state index contributed by atoms with van der Waals surface area (Å²) in [5.74, 6) is 1.92. The van der Waals surface area contributed by atoms with Crippen molar-refractivity contribution < 1.29 is 0 Å². The van der Waals surface area contributed by atoms with E-state index in [9.17, 15) is 0 Å². The molecule has 0 bridgehead atoms. The molecule has 1 spiro atoms. The summed E-state index contributed by atoms with van der Waals surface area (Å²) >= 11 is 0. The molecule has 0 radical (unpaired) electrons. The van der Waals surface area contributed by atoms with Gasteiger partial charge in [-0.3, -0.25) is 0 Å². The summed E-state index contributed by atoms with van der Waals surface area (Å²) in [7, 11) is 0. The highest BCUT2D eigenvalue weighted by atomic mass is 15.2. The Morgan fingerprint density at radius 1 is 0.300 bits per heavy atom. The van der Waals surface area contributed by atoms with E-state index in [1.807, 2.05) is 36.4 Å². The number of benzene rings is 9. The minimum absolute atomic E-state index is 0.471. The second-order valence-electron chi connectivity index (χ2n) is 15.9. The van der Waals surface area contributed by atoms with Crippen LogP contribution in [0.25, 0.3) is 78.3 Å². The van der Waals surface area contributed by atoms with Gasteiger partial charge in [0.25, 0.3) is 0 Å². The van der Waals surface area contributed by atoms with E-state index in [2.05, 4.69) is 175 Å². The zero-order valence-electron chi connectivity index (χ0n) is 32.4. The zero-order chi connectivity index (χ0) is 39.4. The molecule has 0 saturated heterocycles. The van der Waals surface area contributed by atoms with Gasteiger partial charge in [0.2, 0.25) is 0 Å². The van der Waals surface area contributed by atoms with Gasteiger partial charge in [0.15, 0.2) is 17.5 Å². The molecule has 0 fully saturated rings. The lowest BCUT2D eigenvalue weighted by Gasteiger charge is -2.42. The van der Waals surface area contributed by atoms with Gasteiger partial charge in [0, 0.05) is 33.3 Å². The van der Waals surface area contributed by atoms with E-state index < -0.39 is 5.41 Å². The number of hydrogen-bond donors (Lipinski definition) is 0. The fraction of sp³-hybridized carbons (Fsp3) is 0.0179. The Bertz CT molecular complexity index is 3290. The van der Waals surface area contributed by atoms with E-state index >= 15 is 0 Å². The lowest BCUT2D eigenvalue weighted by atomic mass is 9.61. The van der Waals surface area contributed by atoms with E-state index in [4.69, 9.17) is 15.0 Å². The van der Waals surface area contributed by atoms with Crippen LogP contribution in [0.3, 0.4) is 0 Å². The quantitative estimate of drug-likeness (QED) is 0.179. The Morgan fingerprint density at radius 3 is 1.37 bits per heavy atom. The van der Waals surface area contributed by atoms with Gasteiger partial charge in [-0.15, -0.1) is 0 Å². The van der Waals surface area contributed by atoms with Crippen LogP contribution in [-0.4, -0.2) is 15.0 Å². The Labute approximate surface area is 347 Å². The third-order valence-corrected chi connectivity index (χ3v) is 12.9. The topological polar surface area (TPSA) is 41.9 Å². The fourth-order valence-corrected chi connectivity index (χ4v) is 10.5. The second-order valence-corrected chi connectivity index (χ2v) is 15.9. The summed E-state index contributed by atoms with van der Waals surface area (Å²) < 4.78 is 0. The van der Waals surface area contributed by atoms with E-state index in [1.54, 1.807) is 0 Å². The molecule has 2 aliphatic carbocycles. The van der Waals surface area contributed by atoms with Gasteiger partial charge >= 0.3 is 0 Å². The minimum Gasteiger partial charge on any atom is -0.309 e. The molecule has 0 saturated carbocycles. The molecule has 2 heterocycles. The van der Waals surface area contributed by atoms with Gasteiger partial charge in [0.05, 0.1) is 16.8 Å². The van der Waals surface area contributed by atoms with E-state index in [1.165, 1.54) is 66.4 Å². The number of para-hydroxylation sites is 1. The first-order valence-electron chi connectivity index (χ1n) is 20.5. The summed E-state index contributed by atoms with van der Waals surface area (Å²) in [6.07, 6.45) is 0. The third kappa shape index (κ3) is 4.47. The first-order valence-corrected chi connectivity index (χ1v) is 20.5. The average molecular weight is 763 g/mol. The SMILES string of the molecule is c1ccc(-c2nc(-c3ccccc3)nc(-c3cccc(N4c5ccccc5-c5ccc6c7c(ccc4c57)C4(c5ccccc5-c5ccccc54)c4ccccc4-6)c3)n2)cc1. The number of rotatable bonds is 4. The molecule has 13 rings (SSSR count). The molecule has 9 aromatic carbocycles. The Hall–Kier alpha value is -7.95. The molecule has 10 aromatic rings. The van der Waals surface area contributed by atoms with E-state index in [-0.39, 0.29) is 0 Å². The number of hydrogen-bond acceptors (Lipinski definition) is 4. The van der Waals surface area contributed by atoms with Crippen molar-refractivity contribution in [2.24, 2.45) is 0 Å². The van der Waals surface area contributed by atoms with Crippen LogP contribution in [0, 0.1) is 0 Å². The molecule has 4 nitrogen and oxygen atoms in total. The zero-order valence-corrected chi connectivity index (χ0v) is 32.4. The lowest BCUT2D eigenvalue weighted by molar-refractivity contribution is 0.773. The molecular formula is C56H34N4. The maximum absolute atomic E-state index is 5.10. The molecule has 1 aliphatic heterocycles. The first-order chi connectivity index (χ1) is 29.8. The van der Waals surface area contributed by atoms with Gasteiger partial charge < -0.3 is 4.90 Å². The molecule has 4 heteroatoms. The summed E-state index contributed by atoms with van der Waals surface area (Å²) in [6, 6.07) is 74.5. The van der Waals surface area contributed by atoms with Gasteiger partial charge in [-0.1, -0.05) is 182 Å². The average Bonchev–Trinajstić information content (AvgIpc) is 3.62. The lowest BCUT2D eigenvalue weighted by Crippen LogP contribution is -2.32. The van der Waals surface area contributed by atoms with Gasteiger partial charge in [-0.05, 0) is 79.7 Å². The predicted molar refractivity (Wildman–Crippen MR) is 244 cm³/mol. The Morgan fingerprint density at radius 2 is 0.767 bits per heavy atom. The van der Waals surface area contributed by atoms with Gasteiger partial charge in [-0.2, -0.15) is 0 Å². The molecule has 60 heavy (non-hydrogen) atoms. The van der Waals surface area contributed by atoms with Crippen LogP contribution in [0.5, 0.6) is 0 Å². The summed E-state index contributed by atoms with van der Waals surface area (Å²) in [4.78, 5) is 17.6. The minimum atomic E-state index is -0.471. The molecule has 1 aromatic heterocycles. The van der Waals surface area contributed by atoms with Crippen molar-refractivity contribution in [2.75, 3.05) is 4.90 Å². The molecule has 278 valence electrons. The second kappa shape index (κ2) is 12.5. The van der Waals surface area contributed by atoms with Gasteiger partial charge in [-0.25, -0.2) is 15.0 Å². The van der Waals surface area contributed by atoms with Crippen molar-refractivity contribution in [3.63, 3.8) is 0 Å². The van der Waals surface area contributed by atoms with Crippen LogP contribution >= 0.6 is 0 Å². The monoisotopic (exact) mass is 762 g/mol. The number of anilines is 3. The fourth-order valence-electron chi connectivity index (χ4n) is 10.5. The van der Waals surface area contributed by atoms with Crippen molar-refractivity contribution in [1.82, 2.24) is 15.0 Å². The molecule has 0 atom stereocenters. The van der Waals surface area contributed by atoms with Crippen molar-refractivity contribution >= 4 is 27.8 Å². The number of nitrogens with zero attached hydrogens (tertiary/aromatic N) is 4. The highest BCUT2D eigenvalue weighted by Gasteiger charge is 2.50. The highest BCUT2D eigenvalue weighted by molar-refractivity contribution is 6.20. The largest absolute Gasteiger partial charge is 0.309 e. The summed E-state index contributed by atoms with van der Waals surface area (Å²) in [5, 5.41) is 2.58. The van der Waals surface area contributed by atoms with Crippen molar-refractivity contribution in [3.8, 4) is 67.5 Å². The molecule has 3 aliphatic rings. The summed E-state index contributed by atoms with van der Waals surface area (Å²) in [6.45, 7) is 0. The molecule has 0 N–H and O–H groups in total. The maximum atomic E-state index is 5.10. The first kappa shape index (κ1) is 33.1.